The van der Waals surface area contributed by atoms with Gasteiger partial charge >= 0.3 is 0 Å². The standard InChI is InChI=1S/C17H21N3O3/c1-10-18-13-6-4-11(8-15(13)19-10)17(21)20-14-7-5-12(22-2)9-16(14)23-3/h5,7,9,11H,4,6,8H2,1-3H3,(H,18,19)(H,20,21). The van der Waals surface area contributed by atoms with Crippen molar-refractivity contribution in [1.82, 2.24) is 9.97 Å². The minimum absolute atomic E-state index is 0.00590. The maximum atomic E-state index is 12.6. The third-order valence-electron chi connectivity index (χ3n) is 4.20. The number of aromatic amines is 1. The molecule has 1 aromatic carbocycles. The van der Waals surface area contributed by atoms with Crippen LogP contribution in [0.4, 0.5) is 5.69 Å². The first kappa shape index (κ1) is 15.4. The van der Waals surface area contributed by atoms with Crippen molar-refractivity contribution in [3.8, 4) is 11.5 Å². The van der Waals surface area contributed by atoms with Crippen molar-refractivity contribution in [1.29, 1.82) is 0 Å². The van der Waals surface area contributed by atoms with E-state index in [1.54, 1.807) is 32.4 Å². The molecule has 0 fully saturated rings. The van der Waals surface area contributed by atoms with Crippen LogP contribution in [0.5, 0.6) is 11.5 Å². The molecule has 6 heteroatoms. The van der Waals surface area contributed by atoms with Crippen LogP contribution in [-0.4, -0.2) is 30.1 Å². The number of rotatable bonds is 4. The predicted octanol–water partition coefficient (Wildman–Crippen LogP) is 2.48. The maximum Gasteiger partial charge on any atom is 0.227 e. The van der Waals surface area contributed by atoms with Crippen molar-refractivity contribution >= 4 is 11.6 Å². The number of nitrogens with zero attached hydrogens (tertiary/aromatic N) is 1. The van der Waals surface area contributed by atoms with Crippen LogP contribution in [0.25, 0.3) is 0 Å². The SMILES string of the molecule is COc1ccc(NC(=O)C2CCc3nc(C)[nH]c3C2)c(OC)c1. The fourth-order valence-electron chi connectivity index (χ4n) is 2.98. The minimum atomic E-state index is -0.0610. The number of imidazole rings is 1. The number of aromatic nitrogens is 2. The summed E-state index contributed by atoms with van der Waals surface area (Å²) in [6.45, 7) is 1.94. The van der Waals surface area contributed by atoms with E-state index in [4.69, 9.17) is 9.47 Å². The van der Waals surface area contributed by atoms with E-state index >= 15 is 0 Å². The normalized spacial score (nSPS) is 16.6. The Morgan fingerprint density at radius 2 is 2.17 bits per heavy atom. The highest BCUT2D eigenvalue weighted by Gasteiger charge is 2.27. The van der Waals surface area contributed by atoms with Gasteiger partial charge in [-0.25, -0.2) is 4.98 Å². The molecule has 0 bridgehead atoms. The zero-order chi connectivity index (χ0) is 16.4. The maximum absolute atomic E-state index is 12.6. The zero-order valence-electron chi connectivity index (χ0n) is 13.6. The van der Waals surface area contributed by atoms with Crippen molar-refractivity contribution in [2.75, 3.05) is 19.5 Å². The molecule has 1 aliphatic rings. The van der Waals surface area contributed by atoms with Gasteiger partial charge in [-0.05, 0) is 31.9 Å². The van der Waals surface area contributed by atoms with Crippen LogP contribution in [0, 0.1) is 12.8 Å². The molecular formula is C17H21N3O3. The fraction of sp³-hybridized carbons (Fsp3) is 0.412. The Hall–Kier alpha value is -2.50. The summed E-state index contributed by atoms with van der Waals surface area (Å²) in [6, 6.07) is 5.35. The number of benzene rings is 1. The molecule has 1 heterocycles. The average Bonchev–Trinajstić information content (AvgIpc) is 2.94. The summed E-state index contributed by atoms with van der Waals surface area (Å²) in [4.78, 5) is 20.3. The highest BCUT2D eigenvalue weighted by Crippen LogP contribution is 2.31. The third-order valence-corrected chi connectivity index (χ3v) is 4.20. The molecule has 122 valence electrons. The van der Waals surface area contributed by atoms with E-state index in [0.29, 0.717) is 23.6 Å². The van der Waals surface area contributed by atoms with Crippen molar-refractivity contribution in [2.45, 2.75) is 26.2 Å². The van der Waals surface area contributed by atoms with Crippen LogP contribution < -0.4 is 14.8 Å². The van der Waals surface area contributed by atoms with Gasteiger partial charge in [0.15, 0.2) is 0 Å². The second-order valence-corrected chi connectivity index (χ2v) is 5.74. The lowest BCUT2D eigenvalue weighted by atomic mass is 9.89. The number of amides is 1. The summed E-state index contributed by atoms with van der Waals surface area (Å²) in [5.41, 5.74) is 2.83. The number of methoxy groups -OCH3 is 2. The lowest BCUT2D eigenvalue weighted by molar-refractivity contribution is -0.120. The molecule has 1 amide bonds. The van der Waals surface area contributed by atoms with E-state index in [9.17, 15) is 4.79 Å². The number of carbonyl (C=O) groups excluding carboxylic acids is 1. The molecule has 0 radical (unpaired) electrons. The van der Waals surface area contributed by atoms with E-state index in [-0.39, 0.29) is 11.8 Å². The first-order chi connectivity index (χ1) is 11.1. The van der Waals surface area contributed by atoms with Gasteiger partial charge in [-0.15, -0.1) is 0 Å². The van der Waals surface area contributed by atoms with Crippen molar-refractivity contribution in [3.05, 3.63) is 35.4 Å². The van der Waals surface area contributed by atoms with E-state index in [1.165, 1.54) is 0 Å². The second kappa shape index (κ2) is 6.32. The largest absolute Gasteiger partial charge is 0.497 e. The zero-order valence-corrected chi connectivity index (χ0v) is 13.6. The molecular weight excluding hydrogens is 294 g/mol. The Bertz CT molecular complexity index is 724. The summed E-state index contributed by atoms with van der Waals surface area (Å²) in [5.74, 6) is 2.13. The highest BCUT2D eigenvalue weighted by molar-refractivity contribution is 5.94. The van der Waals surface area contributed by atoms with Crippen molar-refractivity contribution in [2.24, 2.45) is 5.92 Å². The molecule has 0 saturated carbocycles. The molecule has 2 aromatic rings. The van der Waals surface area contributed by atoms with Gasteiger partial charge < -0.3 is 19.8 Å². The monoisotopic (exact) mass is 315 g/mol. The molecule has 1 aromatic heterocycles. The molecule has 2 N–H and O–H groups in total. The number of anilines is 1. The van der Waals surface area contributed by atoms with Crippen LogP contribution >= 0.6 is 0 Å². The lowest BCUT2D eigenvalue weighted by Crippen LogP contribution is -2.28. The van der Waals surface area contributed by atoms with E-state index in [0.717, 1.165) is 30.1 Å². The number of hydrogen-bond acceptors (Lipinski definition) is 4. The number of nitrogens with one attached hydrogen (secondary N) is 2. The van der Waals surface area contributed by atoms with Crippen LogP contribution in [0.1, 0.15) is 23.6 Å². The van der Waals surface area contributed by atoms with Gasteiger partial charge in [0.1, 0.15) is 17.3 Å². The van der Waals surface area contributed by atoms with Crippen LogP contribution in [0.3, 0.4) is 0 Å². The number of H-pyrrole nitrogens is 1. The molecule has 3 rings (SSSR count). The van der Waals surface area contributed by atoms with Crippen LogP contribution in [-0.2, 0) is 17.6 Å². The van der Waals surface area contributed by atoms with Gasteiger partial charge in [-0.1, -0.05) is 0 Å². The molecule has 0 spiro atoms. The van der Waals surface area contributed by atoms with E-state index in [1.807, 2.05) is 6.92 Å². The Kier molecular flexibility index (Phi) is 4.23. The van der Waals surface area contributed by atoms with Gasteiger partial charge in [0.05, 0.1) is 25.6 Å². The number of carbonyl (C=O) groups is 1. The summed E-state index contributed by atoms with van der Waals surface area (Å²) in [7, 11) is 3.17. The smallest absolute Gasteiger partial charge is 0.227 e. The van der Waals surface area contributed by atoms with Gasteiger partial charge in [0.2, 0.25) is 5.91 Å². The Labute approximate surface area is 135 Å². The third kappa shape index (κ3) is 3.16. The van der Waals surface area contributed by atoms with E-state index < -0.39 is 0 Å². The minimum Gasteiger partial charge on any atom is -0.497 e. The van der Waals surface area contributed by atoms with Gasteiger partial charge in [-0.3, -0.25) is 4.79 Å². The Balaban J connectivity index is 1.72. The molecule has 1 unspecified atom stereocenters. The fourth-order valence-corrected chi connectivity index (χ4v) is 2.98. The molecule has 1 aliphatic carbocycles. The topological polar surface area (TPSA) is 76.2 Å². The summed E-state index contributed by atoms with van der Waals surface area (Å²) in [5, 5.41) is 2.97. The summed E-state index contributed by atoms with van der Waals surface area (Å²) in [6.07, 6.45) is 2.33. The van der Waals surface area contributed by atoms with Crippen molar-refractivity contribution in [3.63, 3.8) is 0 Å². The number of aryl methyl sites for hydroxylation is 2. The van der Waals surface area contributed by atoms with Gasteiger partial charge in [-0.2, -0.15) is 0 Å². The number of fused-ring (bicyclic) bond motifs is 1. The van der Waals surface area contributed by atoms with Crippen LogP contribution in [0.15, 0.2) is 18.2 Å². The Morgan fingerprint density at radius 3 is 2.91 bits per heavy atom. The first-order valence-corrected chi connectivity index (χ1v) is 7.68. The van der Waals surface area contributed by atoms with Gasteiger partial charge in [0, 0.05) is 24.1 Å². The highest BCUT2D eigenvalue weighted by atomic mass is 16.5. The summed E-state index contributed by atoms with van der Waals surface area (Å²) >= 11 is 0. The lowest BCUT2D eigenvalue weighted by Gasteiger charge is -2.21. The Morgan fingerprint density at radius 1 is 1.35 bits per heavy atom. The van der Waals surface area contributed by atoms with Gasteiger partial charge in [0.25, 0.3) is 0 Å². The molecule has 0 aliphatic heterocycles. The quantitative estimate of drug-likeness (QED) is 0.909. The average molecular weight is 315 g/mol. The molecule has 23 heavy (non-hydrogen) atoms. The molecule has 0 saturated heterocycles. The van der Waals surface area contributed by atoms with Crippen molar-refractivity contribution < 1.29 is 14.3 Å². The van der Waals surface area contributed by atoms with Crippen LogP contribution in [0.2, 0.25) is 0 Å². The number of hydrogen-bond donors (Lipinski definition) is 2. The second-order valence-electron chi connectivity index (χ2n) is 5.74. The number of ether oxygens (including phenoxy) is 2. The molecule has 6 nitrogen and oxygen atoms in total. The summed E-state index contributed by atoms with van der Waals surface area (Å²) < 4.78 is 10.5. The van der Waals surface area contributed by atoms with E-state index in [2.05, 4.69) is 15.3 Å². The first-order valence-electron chi connectivity index (χ1n) is 7.68. The predicted molar refractivity (Wildman–Crippen MR) is 87.0 cm³/mol. The molecule has 1 atom stereocenters.